The summed E-state index contributed by atoms with van der Waals surface area (Å²) in [5, 5.41) is 2.71. The summed E-state index contributed by atoms with van der Waals surface area (Å²) in [5.41, 5.74) is 1.82. The Bertz CT molecular complexity index is 357. The molecule has 0 aliphatic heterocycles. The second-order valence-corrected chi connectivity index (χ2v) is 3.21. The molecule has 4 nitrogen and oxygen atoms in total. The molecule has 0 saturated heterocycles. The van der Waals surface area contributed by atoms with Gasteiger partial charge >= 0.3 is 0 Å². The molecule has 4 heteroatoms. The molecule has 0 bridgehead atoms. The monoisotopic (exact) mass is 205 g/mol. The molecule has 0 fully saturated rings. The summed E-state index contributed by atoms with van der Waals surface area (Å²) >= 11 is 0. The number of hydrogen-bond donors (Lipinski definition) is 1. The minimum atomic E-state index is -0.0637. The van der Waals surface area contributed by atoms with Crippen molar-refractivity contribution >= 4 is 23.6 Å². The number of aliphatic imine (C=N–C) groups is 1. The van der Waals surface area contributed by atoms with Crippen LogP contribution in [0, 0.1) is 0 Å². The van der Waals surface area contributed by atoms with Crippen LogP contribution in [0.25, 0.3) is 0 Å². The van der Waals surface area contributed by atoms with Crippen LogP contribution in [0.5, 0.6) is 0 Å². The van der Waals surface area contributed by atoms with Crippen LogP contribution in [0.3, 0.4) is 0 Å². The third-order valence-electron chi connectivity index (χ3n) is 1.88. The van der Waals surface area contributed by atoms with E-state index in [1.165, 1.54) is 6.92 Å². The zero-order chi connectivity index (χ0) is 11.3. The normalized spacial score (nSPS) is 10.3. The van der Waals surface area contributed by atoms with Gasteiger partial charge in [-0.2, -0.15) is 0 Å². The van der Waals surface area contributed by atoms with E-state index in [0.717, 1.165) is 11.4 Å². The van der Waals surface area contributed by atoms with Crippen molar-refractivity contribution in [3.63, 3.8) is 0 Å². The number of amides is 1. The Labute approximate surface area is 89.6 Å². The van der Waals surface area contributed by atoms with Crippen molar-refractivity contribution in [1.29, 1.82) is 0 Å². The topological polar surface area (TPSA) is 44.7 Å². The van der Waals surface area contributed by atoms with E-state index in [9.17, 15) is 4.79 Å². The largest absolute Gasteiger partial charge is 0.336 e. The number of nitrogens with one attached hydrogen (secondary N) is 1. The minimum Gasteiger partial charge on any atom is -0.336 e. The second-order valence-electron chi connectivity index (χ2n) is 3.21. The van der Waals surface area contributed by atoms with E-state index >= 15 is 0 Å². The maximum absolute atomic E-state index is 10.8. The Morgan fingerprint density at radius 3 is 2.47 bits per heavy atom. The zero-order valence-corrected chi connectivity index (χ0v) is 9.19. The van der Waals surface area contributed by atoms with Crippen LogP contribution in [0.1, 0.15) is 6.92 Å². The van der Waals surface area contributed by atoms with Crippen molar-refractivity contribution in [2.75, 3.05) is 24.3 Å². The Morgan fingerprint density at radius 2 is 2.00 bits per heavy atom. The first-order chi connectivity index (χ1) is 7.13. The van der Waals surface area contributed by atoms with Gasteiger partial charge in [0.1, 0.15) is 0 Å². The smallest absolute Gasteiger partial charge is 0.221 e. The fraction of sp³-hybridized carbons (Fsp3) is 0.273. The molecule has 1 N–H and O–H groups in total. The average Bonchev–Trinajstić information content (AvgIpc) is 2.18. The van der Waals surface area contributed by atoms with E-state index < -0.39 is 0 Å². The number of benzene rings is 1. The van der Waals surface area contributed by atoms with Gasteiger partial charge in [0, 0.05) is 32.4 Å². The zero-order valence-electron chi connectivity index (χ0n) is 9.19. The lowest BCUT2D eigenvalue weighted by Gasteiger charge is -2.13. The highest BCUT2D eigenvalue weighted by Gasteiger charge is 1.98. The fourth-order valence-electron chi connectivity index (χ4n) is 1.22. The van der Waals surface area contributed by atoms with Crippen molar-refractivity contribution in [2.24, 2.45) is 4.99 Å². The molecule has 1 aromatic rings. The number of hydrogen-bond acceptors (Lipinski definition) is 2. The number of nitrogens with zero attached hydrogens (tertiary/aromatic N) is 2. The van der Waals surface area contributed by atoms with Crippen LogP contribution in [0.2, 0.25) is 0 Å². The van der Waals surface area contributed by atoms with Crippen LogP contribution in [-0.4, -0.2) is 26.3 Å². The predicted molar refractivity (Wildman–Crippen MR) is 63.6 cm³/mol. The molecular formula is C11H15N3O. The summed E-state index contributed by atoms with van der Waals surface area (Å²) in [7, 11) is 3.64. The van der Waals surface area contributed by atoms with Gasteiger partial charge in [0.25, 0.3) is 0 Å². The van der Waals surface area contributed by atoms with Crippen molar-refractivity contribution in [2.45, 2.75) is 6.92 Å². The van der Waals surface area contributed by atoms with E-state index in [1.54, 1.807) is 13.4 Å². The molecule has 0 radical (unpaired) electrons. The molecule has 80 valence electrons. The highest BCUT2D eigenvalue weighted by molar-refractivity contribution is 5.89. The third-order valence-corrected chi connectivity index (χ3v) is 1.88. The molecule has 0 aromatic heterocycles. The molecule has 0 unspecified atom stereocenters. The molecule has 1 rings (SSSR count). The summed E-state index contributed by atoms with van der Waals surface area (Å²) in [4.78, 5) is 16.6. The van der Waals surface area contributed by atoms with Gasteiger partial charge in [-0.1, -0.05) is 0 Å². The SMILES string of the molecule is CN=CN(C)c1ccc(NC(C)=O)cc1. The first kappa shape index (κ1) is 11.2. The number of rotatable bonds is 3. The molecule has 15 heavy (non-hydrogen) atoms. The lowest BCUT2D eigenvalue weighted by atomic mass is 10.2. The molecule has 1 amide bonds. The van der Waals surface area contributed by atoms with E-state index in [4.69, 9.17) is 0 Å². The summed E-state index contributed by atoms with van der Waals surface area (Å²) in [6, 6.07) is 7.56. The van der Waals surface area contributed by atoms with Crippen LogP contribution in [0.15, 0.2) is 29.3 Å². The molecule has 0 saturated carbocycles. The Hall–Kier alpha value is -1.84. The first-order valence-corrected chi connectivity index (χ1v) is 4.66. The van der Waals surface area contributed by atoms with Crippen molar-refractivity contribution in [3.05, 3.63) is 24.3 Å². The van der Waals surface area contributed by atoms with Gasteiger partial charge in [-0.05, 0) is 24.3 Å². The van der Waals surface area contributed by atoms with Gasteiger partial charge in [-0.3, -0.25) is 9.79 Å². The molecule has 1 aromatic carbocycles. The van der Waals surface area contributed by atoms with Gasteiger partial charge in [-0.25, -0.2) is 0 Å². The van der Waals surface area contributed by atoms with Crippen LogP contribution in [-0.2, 0) is 4.79 Å². The predicted octanol–water partition coefficient (Wildman–Crippen LogP) is 1.74. The molecule has 0 spiro atoms. The third kappa shape index (κ3) is 3.42. The average molecular weight is 205 g/mol. The van der Waals surface area contributed by atoms with Crippen molar-refractivity contribution in [3.8, 4) is 0 Å². The van der Waals surface area contributed by atoms with Gasteiger partial charge in [0.2, 0.25) is 5.91 Å². The summed E-state index contributed by atoms with van der Waals surface area (Å²) in [6.45, 7) is 1.49. The number of carbonyl (C=O) groups is 1. The number of carbonyl (C=O) groups excluding carboxylic acids is 1. The minimum absolute atomic E-state index is 0.0637. The van der Waals surface area contributed by atoms with E-state index in [1.807, 2.05) is 36.2 Å². The van der Waals surface area contributed by atoms with Crippen LogP contribution >= 0.6 is 0 Å². The Morgan fingerprint density at radius 1 is 1.40 bits per heavy atom. The van der Waals surface area contributed by atoms with E-state index in [0.29, 0.717) is 0 Å². The van der Waals surface area contributed by atoms with Crippen molar-refractivity contribution in [1.82, 2.24) is 0 Å². The second kappa shape index (κ2) is 5.14. The lowest BCUT2D eigenvalue weighted by Crippen LogP contribution is -2.14. The molecule has 0 heterocycles. The molecule has 0 aliphatic rings. The van der Waals surface area contributed by atoms with Crippen molar-refractivity contribution < 1.29 is 4.79 Å². The Balaban J connectivity index is 2.75. The number of anilines is 2. The van der Waals surface area contributed by atoms with E-state index in [2.05, 4.69) is 10.3 Å². The highest BCUT2D eigenvalue weighted by Crippen LogP contribution is 2.15. The maximum Gasteiger partial charge on any atom is 0.221 e. The molecule has 0 aliphatic carbocycles. The quantitative estimate of drug-likeness (QED) is 0.603. The first-order valence-electron chi connectivity index (χ1n) is 4.66. The van der Waals surface area contributed by atoms with Gasteiger partial charge < -0.3 is 10.2 Å². The summed E-state index contributed by atoms with van der Waals surface area (Å²) < 4.78 is 0. The fourth-order valence-corrected chi connectivity index (χ4v) is 1.22. The molecule has 0 atom stereocenters. The maximum atomic E-state index is 10.8. The standard InChI is InChI=1S/C11H15N3O/c1-9(15)13-10-4-6-11(7-5-10)14(3)8-12-2/h4-8H,1-3H3,(H,13,15). The highest BCUT2D eigenvalue weighted by atomic mass is 16.1. The van der Waals surface area contributed by atoms with E-state index in [-0.39, 0.29) is 5.91 Å². The van der Waals surface area contributed by atoms with Gasteiger partial charge in [-0.15, -0.1) is 0 Å². The van der Waals surface area contributed by atoms with Crippen LogP contribution in [0.4, 0.5) is 11.4 Å². The lowest BCUT2D eigenvalue weighted by molar-refractivity contribution is -0.114. The Kier molecular flexibility index (Phi) is 3.85. The van der Waals surface area contributed by atoms with Gasteiger partial charge in [0.15, 0.2) is 0 Å². The van der Waals surface area contributed by atoms with Gasteiger partial charge in [0.05, 0.1) is 6.34 Å². The summed E-state index contributed by atoms with van der Waals surface area (Å²) in [5.74, 6) is -0.0637. The molecular weight excluding hydrogens is 190 g/mol. The van der Waals surface area contributed by atoms with Crippen LogP contribution < -0.4 is 10.2 Å². The summed E-state index contributed by atoms with van der Waals surface area (Å²) in [6.07, 6.45) is 1.73.